The molecule has 206 valence electrons. The maximum absolute atomic E-state index is 12.9. The number of carbonyl (C=O) groups is 1. The van der Waals surface area contributed by atoms with Crippen LogP contribution in [0.2, 0.25) is 10.2 Å². The highest BCUT2D eigenvalue weighted by atomic mass is 35.5. The van der Waals surface area contributed by atoms with Crippen LogP contribution in [0.5, 0.6) is 0 Å². The Morgan fingerprint density at radius 3 is 2.47 bits per heavy atom. The Balaban J connectivity index is 1.33. The number of thiocarbonyl (C=S) groups is 1. The van der Waals surface area contributed by atoms with Gasteiger partial charge in [0.15, 0.2) is 10.9 Å². The fourth-order valence-electron chi connectivity index (χ4n) is 6.13. The molecule has 1 aromatic heterocycles. The minimum absolute atomic E-state index is 0.166. The molecule has 5 nitrogen and oxygen atoms in total. The second-order valence-corrected chi connectivity index (χ2v) is 12.3. The molecule has 8 heteroatoms. The van der Waals surface area contributed by atoms with Gasteiger partial charge >= 0.3 is 0 Å². The molecule has 2 unspecified atom stereocenters. The second-order valence-electron chi connectivity index (χ2n) is 11.2. The maximum atomic E-state index is 12.9. The lowest BCUT2D eigenvalue weighted by Crippen LogP contribution is -2.49. The molecule has 2 fully saturated rings. The van der Waals surface area contributed by atoms with Crippen LogP contribution in [0.25, 0.3) is 0 Å². The standard InChI is InChI=1S/C30H40Cl2N4OS/c1-19(2)35-18-26(23-9-7-10-24(31)17-23)36(30(35)38)25-12-14-34(15-13-25)21(4)8-6-11-27(37)29-20(3)16-28(32)33-22(29)5/h7,9-10,16-17,19,21,25-26H,6,8,11-15,18H2,1-5H3. The van der Waals surface area contributed by atoms with Crippen LogP contribution in [0.4, 0.5) is 0 Å². The number of pyridine rings is 1. The van der Waals surface area contributed by atoms with Crippen molar-refractivity contribution < 1.29 is 4.79 Å². The highest BCUT2D eigenvalue weighted by Gasteiger charge is 2.41. The number of hydrogen-bond donors (Lipinski definition) is 0. The van der Waals surface area contributed by atoms with Gasteiger partial charge in [0.1, 0.15) is 5.15 Å². The van der Waals surface area contributed by atoms with Crippen LogP contribution in [0.3, 0.4) is 0 Å². The van der Waals surface area contributed by atoms with Gasteiger partial charge < -0.3 is 14.7 Å². The predicted octanol–water partition coefficient (Wildman–Crippen LogP) is 7.26. The summed E-state index contributed by atoms with van der Waals surface area (Å²) in [6, 6.07) is 11.5. The number of aryl methyl sites for hydroxylation is 2. The molecule has 2 saturated heterocycles. The average Bonchev–Trinajstić information content (AvgIpc) is 3.20. The molecule has 2 aromatic rings. The van der Waals surface area contributed by atoms with E-state index in [2.05, 4.69) is 52.6 Å². The highest BCUT2D eigenvalue weighted by Crippen LogP contribution is 2.37. The van der Waals surface area contributed by atoms with Gasteiger partial charge in [-0.25, -0.2) is 4.98 Å². The van der Waals surface area contributed by atoms with Crippen LogP contribution in [0.1, 0.15) is 86.1 Å². The molecule has 0 N–H and O–H groups in total. The first-order valence-electron chi connectivity index (χ1n) is 13.8. The lowest BCUT2D eigenvalue weighted by atomic mass is 9.96. The average molecular weight is 576 g/mol. The van der Waals surface area contributed by atoms with E-state index in [4.69, 9.17) is 35.4 Å². The SMILES string of the molecule is Cc1cc(Cl)nc(C)c1C(=O)CCCC(C)N1CCC(N2C(=S)N(C(C)C)CC2c2cccc(Cl)c2)CC1. The molecular formula is C30H40Cl2N4OS. The number of Topliss-reactive ketones (excluding diaryl/α,β-unsaturated/α-hetero) is 1. The van der Waals surface area contributed by atoms with Crippen LogP contribution < -0.4 is 0 Å². The number of hydrogen-bond acceptors (Lipinski definition) is 4. The summed E-state index contributed by atoms with van der Waals surface area (Å²) in [5, 5.41) is 2.19. The van der Waals surface area contributed by atoms with Gasteiger partial charge in [-0.1, -0.05) is 35.3 Å². The number of piperidine rings is 1. The fourth-order valence-corrected chi connectivity index (χ4v) is 7.18. The topological polar surface area (TPSA) is 39.7 Å². The third-order valence-corrected chi connectivity index (χ3v) is 9.09. The van der Waals surface area contributed by atoms with Crippen LogP contribution in [0.15, 0.2) is 30.3 Å². The van der Waals surface area contributed by atoms with Crippen LogP contribution >= 0.6 is 35.4 Å². The molecule has 0 saturated carbocycles. The minimum atomic E-state index is 0.166. The van der Waals surface area contributed by atoms with Gasteiger partial charge in [-0.15, -0.1) is 0 Å². The molecule has 2 atom stereocenters. The molecule has 2 aliphatic heterocycles. The lowest BCUT2D eigenvalue weighted by molar-refractivity contribution is 0.0953. The zero-order valence-corrected chi connectivity index (χ0v) is 25.5. The van der Waals surface area contributed by atoms with E-state index in [9.17, 15) is 4.79 Å². The van der Waals surface area contributed by atoms with Crippen molar-refractivity contribution in [3.8, 4) is 0 Å². The monoisotopic (exact) mass is 574 g/mol. The van der Waals surface area contributed by atoms with Gasteiger partial charge in [0.2, 0.25) is 0 Å². The first-order chi connectivity index (χ1) is 18.1. The van der Waals surface area contributed by atoms with E-state index >= 15 is 0 Å². The van der Waals surface area contributed by atoms with Crippen LogP contribution in [-0.2, 0) is 0 Å². The van der Waals surface area contributed by atoms with E-state index in [0.717, 1.165) is 72.3 Å². The molecule has 1 aromatic carbocycles. The zero-order valence-electron chi connectivity index (χ0n) is 23.2. The summed E-state index contributed by atoms with van der Waals surface area (Å²) >= 11 is 18.4. The molecule has 0 aliphatic carbocycles. The first-order valence-corrected chi connectivity index (χ1v) is 15.0. The van der Waals surface area contributed by atoms with Gasteiger partial charge in [-0.3, -0.25) is 4.79 Å². The van der Waals surface area contributed by atoms with E-state index in [-0.39, 0.29) is 11.8 Å². The van der Waals surface area contributed by atoms with Crippen LogP contribution in [0, 0.1) is 13.8 Å². The molecule has 0 spiro atoms. The number of carbonyl (C=O) groups excluding carboxylic acids is 1. The Hall–Kier alpha value is -1.73. The Labute approximate surface area is 243 Å². The van der Waals surface area contributed by atoms with E-state index in [1.165, 1.54) is 5.56 Å². The summed E-state index contributed by atoms with van der Waals surface area (Å²) < 4.78 is 0. The van der Waals surface area contributed by atoms with Gasteiger partial charge in [0.25, 0.3) is 0 Å². The number of ketones is 1. The molecular weight excluding hydrogens is 535 g/mol. The number of halogens is 2. The maximum Gasteiger partial charge on any atom is 0.172 e. The molecule has 38 heavy (non-hydrogen) atoms. The number of likely N-dealkylation sites (tertiary alicyclic amines) is 1. The van der Waals surface area contributed by atoms with E-state index in [1.54, 1.807) is 6.07 Å². The normalized spacial score (nSPS) is 20.0. The fraction of sp³-hybridized carbons (Fsp3) is 0.567. The molecule has 0 radical (unpaired) electrons. The van der Waals surface area contributed by atoms with Crippen molar-refractivity contribution >= 4 is 46.3 Å². The van der Waals surface area contributed by atoms with Crippen molar-refractivity contribution in [2.75, 3.05) is 19.6 Å². The second kappa shape index (κ2) is 12.6. The van der Waals surface area contributed by atoms with Gasteiger partial charge in [0, 0.05) is 54.8 Å². The third kappa shape index (κ3) is 6.52. The van der Waals surface area contributed by atoms with Crippen molar-refractivity contribution in [3.63, 3.8) is 0 Å². The smallest absolute Gasteiger partial charge is 0.172 e. The highest BCUT2D eigenvalue weighted by molar-refractivity contribution is 7.80. The first kappa shape index (κ1) is 29.3. The Morgan fingerprint density at radius 2 is 1.84 bits per heavy atom. The Bertz CT molecular complexity index is 1140. The molecule has 3 heterocycles. The Morgan fingerprint density at radius 1 is 1.13 bits per heavy atom. The summed E-state index contributed by atoms with van der Waals surface area (Å²) in [5.41, 5.74) is 3.61. The van der Waals surface area contributed by atoms with Crippen molar-refractivity contribution in [1.29, 1.82) is 0 Å². The van der Waals surface area contributed by atoms with E-state index in [0.29, 0.717) is 29.7 Å². The number of benzene rings is 1. The molecule has 2 aliphatic rings. The summed E-state index contributed by atoms with van der Waals surface area (Å²) in [4.78, 5) is 24.6. The summed E-state index contributed by atoms with van der Waals surface area (Å²) in [7, 11) is 0. The number of aromatic nitrogens is 1. The van der Waals surface area contributed by atoms with Crippen LogP contribution in [-0.4, -0.2) is 68.3 Å². The van der Waals surface area contributed by atoms with Crippen molar-refractivity contribution in [2.24, 2.45) is 0 Å². The third-order valence-electron chi connectivity index (χ3n) is 8.22. The molecule has 0 amide bonds. The summed E-state index contributed by atoms with van der Waals surface area (Å²) in [6.45, 7) is 13.5. The van der Waals surface area contributed by atoms with E-state index < -0.39 is 0 Å². The number of rotatable bonds is 9. The van der Waals surface area contributed by atoms with Gasteiger partial charge in [-0.05, 0) is 102 Å². The Kier molecular flexibility index (Phi) is 9.72. The quantitative estimate of drug-likeness (QED) is 0.178. The lowest BCUT2D eigenvalue weighted by Gasteiger charge is -2.42. The molecule has 0 bridgehead atoms. The van der Waals surface area contributed by atoms with Crippen molar-refractivity contribution in [1.82, 2.24) is 19.7 Å². The zero-order chi connectivity index (χ0) is 27.6. The van der Waals surface area contributed by atoms with Crippen molar-refractivity contribution in [3.05, 3.63) is 62.9 Å². The molecule has 4 rings (SSSR count). The summed E-state index contributed by atoms with van der Waals surface area (Å²) in [5.74, 6) is 0.166. The van der Waals surface area contributed by atoms with Gasteiger partial charge in [0.05, 0.1) is 11.7 Å². The minimum Gasteiger partial charge on any atom is -0.344 e. The number of nitrogens with zero attached hydrogens (tertiary/aromatic N) is 4. The van der Waals surface area contributed by atoms with Gasteiger partial charge in [-0.2, -0.15) is 0 Å². The van der Waals surface area contributed by atoms with E-state index in [1.807, 2.05) is 26.0 Å². The predicted molar refractivity (Wildman–Crippen MR) is 161 cm³/mol. The van der Waals surface area contributed by atoms with Crippen molar-refractivity contribution in [2.45, 2.75) is 90.9 Å². The summed E-state index contributed by atoms with van der Waals surface area (Å²) in [6.07, 6.45) is 4.59. The largest absolute Gasteiger partial charge is 0.344 e.